The number of benzene rings is 2. The van der Waals surface area contributed by atoms with Gasteiger partial charge in [0.1, 0.15) is 0 Å². The van der Waals surface area contributed by atoms with Crippen LogP contribution in [0, 0.1) is 0 Å². The van der Waals surface area contributed by atoms with Crippen molar-refractivity contribution in [1.82, 2.24) is 9.97 Å². The predicted molar refractivity (Wildman–Crippen MR) is 120 cm³/mol. The van der Waals surface area contributed by atoms with E-state index in [-0.39, 0.29) is 16.1 Å². The average molecular weight is 463 g/mol. The molecule has 4 rings (SSSR count). The van der Waals surface area contributed by atoms with Crippen molar-refractivity contribution < 1.29 is 13.2 Å². The van der Waals surface area contributed by atoms with Crippen LogP contribution >= 0.6 is 11.6 Å². The number of rotatable bonds is 3. The Morgan fingerprint density at radius 2 is 1.75 bits per heavy atom. The fraction of sp³-hybridized carbons (Fsp3) is 0.250. The topological polar surface area (TPSA) is 65.7 Å². The molecule has 1 heterocycles. The van der Waals surface area contributed by atoms with Gasteiger partial charge < -0.3 is 4.98 Å². The van der Waals surface area contributed by atoms with Crippen LogP contribution in [-0.4, -0.2) is 9.97 Å². The summed E-state index contributed by atoms with van der Waals surface area (Å²) in [4.78, 5) is 26.8. The van der Waals surface area contributed by atoms with Crippen molar-refractivity contribution in [1.29, 1.82) is 0 Å². The maximum absolute atomic E-state index is 12.9. The van der Waals surface area contributed by atoms with Crippen molar-refractivity contribution in [3.05, 3.63) is 109 Å². The number of halogens is 4. The Bertz CT molecular complexity index is 1200. The molecule has 1 aliphatic carbocycles. The van der Waals surface area contributed by atoms with Gasteiger partial charge >= 0.3 is 11.9 Å². The van der Waals surface area contributed by atoms with Crippen LogP contribution in [0.3, 0.4) is 0 Å². The van der Waals surface area contributed by atoms with Crippen molar-refractivity contribution in [2.24, 2.45) is 0 Å². The van der Waals surface area contributed by atoms with Crippen molar-refractivity contribution >= 4 is 17.2 Å². The van der Waals surface area contributed by atoms with E-state index in [0.29, 0.717) is 18.4 Å². The molecular formula is C24H22ClF3N2O2. The minimum Gasteiger partial charge on any atom is -0.314 e. The molecule has 0 spiro atoms. The third-order valence-corrected chi connectivity index (χ3v) is 5.29. The van der Waals surface area contributed by atoms with Crippen LogP contribution in [0.4, 0.5) is 13.2 Å². The first-order valence-electron chi connectivity index (χ1n) is 10.1. The van der Waals surface area contributed by atoms with E-state index in [2.05, 4.69) is 9.97 Å². The summed E-state index contributed by atoms with van der Waals surface area (Å²) >= 11 is 5.64. The van der Waals surface area contributed by atoms with Crippen LogP contribution in [0.15, 0.2) is 70.4 Å². The molecule has 0 aliphatic heterocycles. The van der Waals surface area contributed by atoms with E-state index in [0.717, 1.165) is 36.5 Å². The summed E-state index contributed by atoms with van der Waals surface area (Å²) in [6.07, 6.45) is 3.10. The molecule has 0 bridgehead atoms. The Morgan fingerprint density at radius 3 is 2.38 bits per heavy atom. The third kappa shape index (κ3) is 6.47. The molecule has 2 aromatic carbocycles. The molecule has 1 aliphatic rings. The van der Waals surface area contributed by atoms with E-state index < -0.39 is 17.4 Å². The second-order valence-electron chi connectivity index (χ2n) is 7.42. The second-order valence-corrected chi connectivity index (χ2v) is 7.86. The Kier molecular flexibility index (Phi) is 7.75. The zero-order chi connectivity index (χ0) is 23.1. The zero-order valence-corrected chi connectivity index (χ0v) is 17.9. The quantitative estimate of drug-likeness (QED) is 0.503. The van der Waals surface area contributed by atoms with Gasteiger partial charge in [0.25, 0.3) is 5.56 Å². The zero-order valence-electron chi connectivity index (χ0n) is 17.1. The molecule has 0 radical (unpaired) electrons. The normalized spacial score (nSPS) is 13.7. The number of H-pyrrole nitrogens is 2. The molecule has 0 fully saturated rings. The van der Waals surface area contributed by atoms with Crippen molar-refractivity contribution in [2.75, 3.05) is 0 Å². The molecule has 2 N–H and O–H groups in total. The van der Waals surface area contributed by atoms with Crippen LogP contribution in [0.2, 0.25) is 5.02 Å². The summed E-state index contributed by atoms with van der Waals surface area (Å²) in [5, 5.41) is 0.123. The van der Waals surface area contributed by atoms with Crippen LogP contribution in [0.1, 0.15) is 47.9 Å². The maximum Gasteiger partial charge on any atom is 0.417 e. The lowest BCUT2D eigenvalue weighted by Gasteiger charge is -2.18. The number of aromatic amines is 2. The SMILES string of the molecule is FC(F)(F)c1cc(Cl)ccc1C1=CCCCC1.O=c1[nH]cc(Cc2ccccc2)c(=O)[nH]1. The van der Waals surface area contributed by atoms with Gasteiger partial charge in [-0.1, -0.05) is 54.1 Å². The first kappa shape index (κ1) is 23.6. The molecule has 0 saturated heterocycles. The van der Waals surface area contributed by atoms with Crippen molar-refractivity contribution in [2.45, 2.75) is 38.3 Å². The second kappa shape index (κ2) is 10.5. The number of aromatic nitrogens is 2. The van der Waals surface area contributed by atoms with Gasteiger partial charge in [0.05, 0.1) is 5.56 Å². The van der Waals surface area contributed by atoms with E-state index in [9.17, 15) is 22.8 Å². The number of hydrogen-bond donors (Lipinski definition) is 2. The first-order valence-corrected chi connectivity index (χ1v) is 10.5. The van der Waals surface area contributed by atoms with Gasteiger partial charge in [-0.2, -0.15) is 13.2 Å². The lowest BCUT2D eigenvalue weighted by molar-refractivity contribution is -0.137. The summed E-state index contributed by atoms with van der Waals surface area (Å²) in [6, 6.07) is 13.6. The van der Waals surface area contributed by atoms with Crippen LogP contribution < -0.4 is 11.2 Å². The van der Waals surface area contributed by atoms with Crippen LogP contribution in [-0.2, 0) is 12.6 Å². The van der Waals surface area contributed by atoms with Gasteiger partial charge in [0, 0.05) is 23.2 Å². The van der Waals surface area contributed by atoms with Gasteiger partial charge in [-0.05, 0) is 54.5 Å². The summed E-state index contributed by atoms with van der Waals surface area (Å²) in [5.74, 6) is 0. The van der Waals surface area contributed by atoms with Crippen molar-refractivity contribution in [3.8, 4) is 0 Å². The Labute approximate surface area is 187 Å². The van der Waals surface area contributed by atoms with E-state index >= 15 is 0 Å². The predicted octanol–water partition coefficient (Wildman–Crippen LogP) is 5.97. The molecule has 1 aromatic heterocycles. The first-order chi connectivity index (χ1) is 15.2. The van der Waals surface area contributed by atoms with Gasteiger partial charge in [-0.25, -0.2) is 4.79 Å². The summed E-state index contributed by atoms with van der Waals surface area (Å²) in [6.45, 7) is 0. The Balaban J connectivity index is 0.000000182. The standard InChI is InChI=1S/C13H12ClF3.C11H10N2O2/c14-10-6-7-11(9-4-2-1-3-5-9)12(8-10)13(15,16)17;14-10-9(7-12-11(15)13-10)6-8-4-2-1-3-5-8/h4,6-8H,1-3,5H2;1-5,7H,6H2,(H2,12,13,14,15). The van der Waals surface area contributed by atoms with E-state index in [1.165, 1.54) is 18.3 Å². The van der Waals surface area contributed by atoms with E-state index in [1.807, 2.05) is 36.4 Å². The van der Waals surface area contributed by atoms with E-state index in [4.69, 9.17) is 11.6 Å². The Morgan fingerprint density at radius 1 is 1.00 bits per heavy atom. The summed E-state index contributed by atoms with van der Waals surface area (Å²) in [7, 11) is 0. The number of hydrogen-bond acceptors (Lipinski definition) is 2. The van der Waals surface area contributed by atoms with Gasteiger partial charge in [-0.3, -0.25) is 9.78 Å². The number of nitrogens with one attached hydrogen (secondary N) is 2. The monoisotopic (exact) mass is 462 g/mol. The molecule has 32 heavy (non-hydrogen) atoms. The van der Waals surface area contributed by atoms with Crippen LogP contribution in [0.5, 0.6) is 0 Å². The van der Waals surface area contributed by atoms with Gasteiger partial charge in [0.2, 0.25) is 0 Å². The molecular weight excluding hydrogens is 441 g/mol. The molecule has 4 nitrogen and oxygen atoms in total. The highest BCUT2D eigenvalue weighted by atomic mass is 35.5. The highest BCUT2D eigenvalue weighted by Crippen LogP contribution is 2.39. The highest BCUT2D eigenvalue weighted by Gasteiger charge is 2.34. The molecule has 168 valence electrons. The molecule has 0 saturated carbocycles. The molecule has 8 heteroatoms. The largest absolute Gasteiger partial charge is 0.417 e. The fourth-order valence-electron chi connectivity index (χ4n) is 3.50. The smallest absolute Gasteiger partial charge is 0.314 e. The maximum atomic E-state index is 12.9. The lowest BCUT2D eigenvalue weighted by atomic mass is 9.90. The minimum atomic E-state index is -4.35. The molecule has 0 amide bonds. The lowest BCUT2D eigenvalue weighted by Crippen LogP contribution is -2.24. The van der Waals surface area contributed by atoms with Gasteiger partial charge in [0.15, 0.2) is 0 Å². The van der Waals surface area contributed by atoms with Crippen molar-refractivity contribution in [3.63, 3.8) is 0 Å². The van der Waals surface area contributed by atoms with E-state index in [1.54, 1.807) is 0 Å². The summed E-state index contributed by atoms with van der Waals surface area (Å²) in [5.41, 5.74) is 1.23. The third-order valence-electron chi connectivity index (χ3n) is 5.06. The number of allylic oxidation sites excluding steroid dienone is 2. The summed E-state index contributed by atoms with van der Waals surface area (Å²) < 4.78 is 38.7. The average Bonchev–Trinajstić information content (AvgIpc) is 2.77. The molecule has 0 unspecified atom stereocenters. The fourth-order valence-corrected chi connectivity index (χ4v) is 3.67. The number of alkyl halides is 3. The highest BCUT2D eigenvalue weighted by molar-refractivity contribution is 6.30. The van der Waals surface area contributed by atoms with Crippen LogP contribution in [0.25, 0.3) is 5.57 Å². The van der Waals surface area contributed by atoms with Gasteiger partial charge in [-0.15, -0.1) is 0 Å². The Hall–Kier alpha value is -3.06. The minimum absolute atomic E-state index is 0.123. The molecule has 0 atom stereocenters. The molecule has 3 aromatic rings.